The van der Waals surface area contributed by atoms with Gasteiger partial charge in [-0.25, -0.2) is 9.78 Å². The average Bonchev–Trinajstić information content (AvgIpc) is 3.29. The zero-order chi connectivity index (χ0) is 17.6. The second-order valence-corrected chi connectivity index (χ2v) is 6.60. The normalized spacial score (nSPS) is 10.4. The monoisotopic (exact) mass is 374 g/mol. The van der Waals surface area contributed by atoms with Crippen LogP contribution in [0.4, 0.5) is 0 Å². The lowest BCUT2D eigenvalue weighted by Gasteiger charge is -2.08. The molecule has 2 heterocycles. The van der Waals surface area contributed by atoms with Crippen LogP contribution in [0.1, 0.15) is 16.1 Å². The van der Waals surface area contributed by atoms with E-state index in [2.05, 4.69) is 4.98 Å². The van der Waals surface area contributed by atoms with E-state index in [0.717, 1.165) is 10.6 Å². The van der Waals surface area contributed by atoms with Crippen LogP contribution in [0.15, 0.2) is 46.5 Å². The molecule has 6 nitrogen and oxygen atoms in total. The average molecular weight is 374 g/mol. The summed E-state index contributed by atoms with van der Waals surface area (Å²) >= 11 is 3.10. The Bertz CT molecular complexity index is 874. The van der Waals surface area contributed by atoms with E-state index in [1.165, 1.54) is 17.4 Å². The van der Waals surface area contributed by atoms with E-state index in [0.29, 0.717) is 5.69 Å². The molecule has 0 saturated heterocycles. The first-order valence-corrected chi connectivity index (χ1v) is 9.10. The molecule has 0 radical (unpaired) electrons. The molecular formula is C17H14N2O4S2. The summed E-state index contributed by atoms with van der Waals surface area (Å²) in [6.07, 6.45) is 0. The topological polar surface area (TPSA) is 91.5 Å². The molecule has 1 aromatic carbocycles. The number of carbonyl (C=O) groups excluding carboxylic acids is 2. The number of nitrogens with zero attached hydrogens (tertiary/aromatic N) is 1. The number of rotatable bonds is 7. The van der Waals surface area contributed by atoms with Gasteiger partial charge in [-0.2, -0.15) is 11.3 Å². The molecule has 2 N–H and O–H groups in total. The van der Waals surface area contributed by atoms with Crippen molar-refractivity contribution >= 4 is 34.6 Å². The molecule has 1 amide bonds. The lowest BCUT2D eigenvalue weighted by molar-refractivity contribution is -0.147. The molecule has 3 aromatic rings. The minimum Gasteiger partial charge on any atom is -0.481 e. The first-order valence-electron chi connectivity index (χ1n) is 7.27. The number of hydrogen-bond acceptors (Lipinski definition) is 7. The van der Waals surface area contributed by atoms with Crippen LogP contribution in [-0.2, 0) is 16.1 Å². The van der Waals surface area contributed by atoms with Gasteiger partial charge in [0.25, 0.3) is 5.91 Å². The molecule has 0 fully saturated rings. The molecule has 8 heteroatoms. The van der Waals surface area contributed by atoms with Crippen LogP contribution in [0.5, 0.6) is 5.75 Å². The third-order valence-electron chi connectivity index (χ3n) is 3.20. The SMILES string of the molecule is NC(=O)c1ccccc1OCC(=O)OCc1csc(-c2ccsc2)n1. The maximum atomic E-state index is 11.8. The summed E-state index contributed by atoms with van der Waals surface area (Å²) in [5.41, 5.74) is 7.21. The number of aromatic nitrogens is 1. The van der Waals surface area contributed by atoms with Crippen LogP contribution in [0.25, 0.3) is 10.6 Å². The molecule has 0 aliphatic heterocycles. The zero-order valence-electron chi connectivity index (χ0n) is 13.0. The number of carbonyl (C=O) groups is 2. The standard InChI is InChI=1S/C17H14N2O4S2/c18-16(21)13-3-1-2-4-14(13)22-8-15(20)23-7-12-10-25-17(19-12)11-5-6-24-9-11/h1-6,9-10H,7-8H2,(H2,18,21). The summed E-state index contributed by atoms with van der Waals surface area (Å²) in [7, 11) is 0. The number of thiophene rings is 1. The molecule has 25 heavy (non-hydrogen) atoms. The van der Waals surface area contributed by atoms with Gasteiger partial charge in [-0.3, -0.25) is 4.79 Å². The molecule has 0 unspecified atom stereocenters. The lowest BCUT2D eigenvalue weighted by atomic mass is 10.2. The van der Waals surface area contributed by atoms with Crippen molar-refractivity contribution in [1.82, 2.24) is 4.98 Å². The van der Waals surface area contributed by atoms with E-state index in [1.54, 1.807) is 29.5 Å². The largest absolute Gasteiger partial charge is 0.481 e. The Kier molecular flexibility index (Phi) is 5.42. The van der Waals surface area contributed by atoms with Crippen molar-refractivity contribution in [3.63, 3.8) is 0 Å². The number of primary amides is 1. The molecule has 0 aliphatic rings. The van der Waals surface area contributed by atoms with Crippen LogP contribution >= 0.6 is 22.7 Å². The molecule has 0 bridgehead atoms. The predicted octanol–water partition coefficient (Wildman–Crippen LogP) is 3.09. The van der Waals surface area contributed by atoms with Crippen LogP contribution in [0.2, 0.25) is 0 Å². The number of esters is 1. The fourth-order valence-electron chi connectivity index (χ4n) is 2.02. The third-order valence-corrected chi connectivity index (χ3v) is 4.82. The molecule has 3 rings (SSSR count). The van der Waals surface area contributed by atoms with Crippen molar-refractivity contribution in [2.24, 2.45) is 5.73 Å². The van der Waals surface area contributed by atoms with E-state index in [-0.39, 0.29) is 24.5 Å². The number of amides is 1. The second kappa shape index (κ2) is 7.91. The van der Waals surface area contributed by atoms with Crippen molar-refractivity contribution in [1.29, 1.82) is 0 Å². The highest BCUT2D eigenvalue weighted by Crippen LogP contribution is 2.25. The fourth-order valence-corrected chi connectivity index (χ4v) is 3.54. The van der Waals surface area contributed by atoms with Crippen LogP contribution in [0.3, 0.4) is 0 Å². The van der Waals surface area contributed by atoms with Gasteiger partial charge in [0.05, 0.1) is 11.3 Å². The molecular weight excluding hydrogens is 360 g/mol. The predicted molar refractivity (Wildman–Crippen MR) is 95.7 cm³/mol. The van der Waals surface area contributed by atoms with Crippen molar-refractivity contribution in [2.75, 3.05) is 6.61 Å². The van der Waals surface area contributed by atoms with E-state index < -0.39 is 11.9 Å². The number of ether oxygens (including phenoxy) is 2. The van der Waals surface area contributed by atoms with Gasteiger partial charge in [0.2, 0.25) is 0 Å². The van der Waals surface area contributed by atoms with Gasteiger partial charge in [0, 0.05) is 16.3 Å². The van der Waals surface area contributed by atoms with Crippen LogP contribution < -0.4 is 10.5 Å². The van der Waals surface area contributed by atoms with E-state index in [9.17, 15) is 9.59 Å². The summed E-state index contributed by atoms with van der Waals surface area (Å²) in [6, 6.07) is 8.45. The van der Waals surface area contributed by atoms with Gasteiger partial charge < -0.3 is 15.2 Å². The molecule has 0 spiro atoms. The highest BCUT2D eigenvalue weighted by Gasteiger charge is 2.12. The summed E-state index contributed by atoms with van der Waals surface area (Å²) in [4.78, 5) is 27.5. The fraction of sp³-hybridized carbons (Fsp3) is 0.118. The Morgan fingerprint density at radius 2 is 2.00 bits per heavy atom. The van der Waals surface area contributed by atoms with Gasteiger partial charge in [0.1, 0.15) is 17.4 Å². The van der Waals surface area contributed by atoms with E-state index >= 15 is 0 Å². The van der Waals surface area contributed by atoms with Crippen molar-refractivity contribution in [2.45, 2.75) is 6.61 Å². The van der Waals surface area contributed by atoms with E-state index in [4.69, 9.17) is 15.2 Å². The summed E-state index contributed by atoms with van der Waals surface area (Å²) in [5.74, 6) is -0.919. The maximum absolute atomic E-state index is 11.8. The zero-order valence-corrected chi connectivity index (χ0v) is 14.6. The summed E-state index contributed by atoms with van der Waals surface area (Å²) in [6.45, 7) is -0.244. The Balaban J connectivity index is 1.51. The number of thiazole rings is 1. The van der Waals surface area contributed by atoms with Gasteiger partial charge >= 0.3 is 5.97 Å². The Morgan fingerprint density at radius 1 is 1.16 bits per heavy atom. The second-order valence-electron chi connectivity index (χ2n) is 4.97. The molecule has 0 aliphatic carbocycles. The van der Waals surface area contributed by atoms with Crippen LogP contribution in [0, 0.1) is 0 Å². The summed E-state index contributed by atoms with van der Waals surface area (Å²) < 4.78 is 10.5. The van der Waals surface area contributed by atoms with Gasteiger partial charge in [0.15, 0.2) is 6.61 Å². The first kappa shape index (κ1) is 17.1. The minimum atomic E-state index is -0.618. The van der Waals surface area contributed by atoms with Crippen molar-refractivity contribution in [3.8, 4) is 16.3 Å². The Morgan fingerprint density at radius 3 is 2.76 bits per heavy atom. The number of hydrogen-bond donors (Lipinski definition) is 1. The Labute approximate surface area is 151 Å². The molecule has 0 saturated carbocycles. The maximum Gasteiger partial charge on any atom is 0.344 e. The van der Waals surface area contributed by atoms with E-state index in [1.807, 2.05) is 22.2 Å². The smallest absolute Gasteiger partial charge is 0.344 e. The van der Waals surface area contributed by atoms with Gasteiger partial charge in [-0.1, -0.05) is 12.1 Å². The number of nitrogens with two attached hydrogens (primary N) is 1. The quantitative estimate of drug-likeness (QED) is 0.642. The highest BCUT2D eigenvalue weighted by molar-refractivity contribution is 7.14. The van der Waals surface area contributed by atoms with Gasteiger partial charge in [-0.15, -0.1) is 11.3 Å². The van der Waals surface area contributed by atoms with Crippen molar-refractivity contribution < 1.29 is 19.1 Å². The van der Waals surface area contributed by atoms with Crippen LogP contribution in [-0.4, -0.2) is 23.5 Å². The third kappa shape index (κ3) is 4.43. The summed E-state index contributed by atoms with van der Waals surface area (Å²) in [5, 5.41) is 6.73. The van der Waals surface area contributed by atoms with Gasteiger partial charge in [-0.05, 0) is 23.6 Å². The Hall–Kier alpha value is -2.71. The highest BCUT2D eigenvalue weighted by atomic mass is 32.1. The molecule has 128 valence electrons. The molecule has 0 atom stereocenters. The minimum absolute atomic E-state index is 0.0697. The molecule has 2 aromatic heterocycles. The number of benzene rings is 1. The lowest BCUT2D eigenvalue weighted by Crippen LogP contribution is -2.18. The first-order chi connectivity index (χ1) is 12.1. The number of para-hydroxylation sites is 1. The van der Waals surface area contributed by atoms with Crippen molar-refractivity contribution in [3.05, 3.63) is 57.7 Å².